The van der Waals surface area contributed by atoms with Crippen molar-refractivity contribution < 1.29 is 19.0 Å². The molecule has 1 aliphatic heterocycles. The smallest absolute Gasteiger partial charge is 0.314 e. The van der Waals surface area contributed by atoms with E-state index in [0.717, 1.165) is 48.5 Å². The Balaban J connectivity index is 1.52. The predicted molar refractivity (Wildman–Crippen MR) is 134 cm³/mol. The number of nitrogens with zero attached hydrogens (tertiary/aromatic N) is 1. The fourth-order valence-electron chi connectivity index (χ4n) is 5.17. The Labute approximate surface area is 207 Å². The van der Waals surface area contributed by atoms with Crippen molar-refractivity contribution >= 4 is 5.97 Å². The number of hydrogen-bond acceptors (Lipinski definition) is 6. The molecule has 2 N–H and O–H groups in total. The van der Waals surface area contributed by atoms with Gasteiger partial charge in [0.1, 0.15) is 28.9 Å². The summed E-state index contributed by atoms with van der Waals surface area (Å²) in [5.74, 6) is 1.79. The topological polar surface area (TPSA) is 94.6 Å². The second-order valence-electron chi connectivity index (χ2n) is 9.41. The second-order valence-corrected chi connectivity index (χ2v) is 9.41. The highest BCUT2D eigenvalue weighted by molar-refractivity contribution is 5.75. The van der Waals surface area contributed by atoms with Crippen LogP contribution in [0.5, 0.6) is 17.2 Å². The van der Waals surface area contributed by atoms with Crippen LogP contribution in [0.15, 0.2) is 53.9 Å². The molecule has 1 unspecified atom stereocenters. The summed E-state index contributed by atoms with van der Waals surface area (Å²) < 4.78 is 17.2. The molecule has 2 aliphatic rings. The molecule has 2 aromatic carbocycles. The first-order valence-corrected chi connectivity index (χ1v) is 12.7. The van der Waals surface area contributed by atoms with Crippen LogP contribution in [0.3, 0.4) is 0 Å². The number of fused-ring (bicyclic) bond motifs is 1. The summed E-state index contributed by atoms with van der Waals surface area (Å²) in [6.07, 6.45) is 7.69. The van der Waals surface area contributed by atoms with Crippen molar-refractivity contribution in [2.75, 3.05) is 6.61 Å². The zero-order chi connectivity index (χ0) is 24.8. The number of carbonyl (C=O) groups is 1. The van der Waals surface area contributed by atoms with Gasteiger partial charge >= 0.3 is 5.97 Å². The van der Waals surface area contributed by atoms with Gasteiger partial charge in [0, 0.05) is 11.6 Å². The number of carbonyl (C=O) groups excluding carboxylic acids is 1. The van der Waals surface area contributed by atoms with Gasteiger partial charge in [-0.3, -0.25) is 4.79 Å². The van der Waals surface area contributed by atoms with Crippen LogP contribution in [0, 0.1) is 23.2 Å². The molecule has 2 aromatic rings. The number of unbranched alkanes of at least 4 members (excludes halogenated alkanes) is 1. The van der Waals surface area contributed by atoms with Gasteiger partial charge in [0.2, 0.25) is 5.88 Å². The number of benzene rings is 2. The first kappa shape index (κ1) is 24.7. The minimum Gasteiger partial charge on any atom is -0.494 e. The third kappa shape index (κ3) is 5.62. The maximum absolute atomic E-state index is 12.8. The van der Waals surface area contributed by atoms with Gasteiger partial charge < -0.3 is 19.9 Å². The number of rotatable bonds is 8. The number of hydrogen-bond donors (Lipinski definition) is 1. The van der Waals surface area contributed by atoms with E-state index >= 15 is 0 Å². The average Bonchev–Trinajstić information content (AvgIpc) is 2.87. The van der Waals surface area contributed by atoms with Crippen LogP contribution >= 0.6 is 0 Å². The Hall–Kier alpha value is -3.46. The standard InChI is InChI=1S/C29H34N2O4/c1-3-5-7-19-10-12-20(13-11-19)29(32)34-23-14-15-24-26(17-23)35-28(31)25(18-30)27(24)21-8-6-9-22(16-21)33-4-2/h6,8-9,14-17,19-20,27H,3-5,7,10-13,31H2,1-2H3. The van der Waals surface area contributed by atoms with Crippen LogP contribution in [-0.4, -0.2) is 12.6 Å². The van der Waals surface area contributed by atoms with Crippen LogP contribution < -0.4 is 19.9 Å². The van der Waals surface area contributed by atoms with E-state index in [2.05, 4.69) is 13.0 Å². The number of allylic oxidation sites excluding steroid dienone is 1. The molecule has 0 spiro atoms. The molecule has 1 fully saturated rings. The van der Waals surface area contributed by atoms with Crippen LogP contribution in [0.25, 0.3) is 0 Å². The number of nitriles is 1. The molecule has 4 rings (SSSR count). The van der Waals surface area contributed by atoms with Crippen molar-refractivity contribution in [1.82, 2.24) is 0 Å². The van der Waals surface area contributed by atoms with Gasteiger partial charge in [0.05, 0.1) is 18.4 Å². The lowest BCUT2D eigenvalue weighted by molar-refractivity contribution is -0.140. The van der Waals surface area contributed by atoms with Crippen LogP contribution in [0.2, 0.25) is 0 Å². The van der Waals surface area contributed by atoms with Gasteiger partial charge in [-0.1, -0.05) is 44.4 Å². The fourth-order valence-corrected chi connectivity index (χ4v) is 5.17. The van der Waals surface area contributed by atoms with Crippen LogP contribution in [0.1, 0.15) is 75.8 Å². The molecule has 184 valence electrons. The van der Waals surface area contributed by atoms with Gasteiger partial charge in [0.15, 0.2) is 0 Å². The van der Waals surface area contributed by atoms with Crippen LogP contribution in [-0.2, 0) is 4.79 Å². The van der Waals surface area contributed by atoms with Crippen molar-refractivity contribution in [2.24, 2.45) is 17.6 Å². The van der Waals surface area contributed by atoms with Gasteiger partial charge in [0.25, 0.3) is 0 Å². The molecular weight excluding hydrogens is 440 g/mol. The summed E-state index contributed by atoms with van der Waals surface area (Å²) in [5, 5.41) is 9.81. The lowest BCUT2D eigenvalue weighted by Gasteiger charge is -2.28. The second kappa shape index (κ2) is 11.3. The molecule has 6 heteroatoms. The summed E-state index contributed by atoms with van der Waals surface area (Å²) in [4.78, 5) is 12.8. The Morgan fingerprint density at radius 1 is 1.11 bits per heavy atom. The maximum atomic E-state index is 12.8. The lowest BCUT2D eigenvalue weighted by atomic mass is 9.80. The van der Waals surface area contributed by atoms with Gasteiger partial charge in [-0.15, -0.1) is 0 Å². The maximum Gasteiger partial charge on any atom is 0.314 e. The van der Waals surface area contributed by atoms with Crippen molar-refractivity contribution in [1.29, 1.82) is 5.26 Å². The van der Waals surface area contributed by atoms with Gasteiger partial charge in [-0.25, -0.2) is 0 Å². The molecule has 6 nitrogen and oxygen atoms in total. The summed E-state index contributed by atoms with van der Waals surface area (Å²) >= 11 is 0. The highest BCUT2D eigenvalue weighted by Crippen LogP contribution is 2.44. The summed E-state index contributed by atoms with van der Waals surface area (Å²) in [5.41, 5.74) is 8.16. The molecule has 1 aliphatic carbocycles. The molecule has 0 bridgehead atoms. The molecule has 1 saturated carbocycles. The number of ether oxygens (including phenoxy) is 3. The highest BCUT2D eigenvalue weighted by atomic mass is 16.5. The predicted octanol–water partition coefficient (Wildman–Crippen LogP) is 6.21. The Morgan fingerprint density at radius 3 is 2.63 bits per heavy atom. The SMILES string of the molecule is CCCCC1CCC(C(=O)Oc2ccc3c(c2)OC(N)=C(C#N)C3c2cccc(OCC)c2)CC1. The third-order valence-electron chi connectivity index (χ3n) is 7.06. The molecule has 0 aromatic heterocycles. The minimum atomic E-state index is -0.396. The summed E-state index contributed by atoms with van der Waals surface area (Å²) in [6, 6.07) is 15.1. The normalized spacial score (nSPS) is 21.5. The molecule has 35 heavy (non-hydrogen) atoms. The third-order valence-corrected chi connectivity index (χ3v) is 7.06. The van der Waals surface area contributed by atoms with Crippen molar-refractivity contribution in [2.45, 2.75) is 64.7 Å². The van der Waals surface area contributed by atoms with Crippen molar-refractivity contribution in [3.63, 3.8) is 0 Å². The van der Waals surface area contributed by atoms with E-state index < -0.39 is 5.92 Å². The lowest BCUT2D eigenvalue weighted by Crippen LogP contribution is -2.26. The monoisotopic (exact) mass is 474 g/mol. The largest absolute Gasteiger partial charge is 0.494 e. The molecule has 0 saturated heterocycles. The number of nitrogens with two attached hydrogens (primary N) is 1. The summed E-state index contributed by atoms with van der Waals surface area (Å²) in [7, 11) is 0. The van der Waals surface area contributed by atoms with E-state index in [1.165, 1.54) is 19.3 Å². The first-order chi connectivity index (χ1) is 17.0. The van der Waals surface area contributed by atoms with Crippen molar-refractivity contribution in [3.8, 4) is 23.3 Å². The van der Waals surface area contributed by atoms with Gasteiger partial charge in [-0.2, -0.15) is 5.26 Å². The Morgan fingerprint density at radius 2 is 1.91 bits per heavy atom. The Kier molecular flexibility index (Phi) is 7.97. The van der Waals surface area contributed by atoms with E-state index in [4.69, 9.17) is 19.9 Å². The van der Waals surface area contributed by atoms with E-state index in [0.29, 0.717) is 23.7 Å². The zero-order valence-electron chi connectivity index (χ0n) is 20.6. The first-order valence-electron chi connectivity index (χ1n) is 12.7. The van der Waals surface area contributed by atoms with E-state index in [1.807, 2.05) is 37.3 Å². The molecule has 1 atom stereocenters. The number of esters is 1. The van der Waals surface area contributed by atoms with Crippen molar-refractivity contribution in [3.05, 3.63) is 65.0 Å². The quantitative estimate of drug-likeness (QED) is 0.361. The Bertz CT molecular complexity index is 1130. The van der Waals surface area contributed by atoms with E-state index in [-0.39, 0.29) is 17.8 Å². The zero-order valence-corrected chi connectivity index (χ0v) is 20.6. The van der Waals surface area contributed by atoms with Gasteiger partial charge in [-0.05, 0) is 62.3 Å². The fraction of sp³-hybridized carbons (Fsp3) is 0.448. The molecule has 0 radical (unpaired) electrons. The molecule has 1 heterocycles. The van der Waals surface area contributed by atoms with Crippen LogP contribution in [0.4, 0.5) is 0 Å². The highest BCUT2D eigenvalue weighted by Gasteiger charge is 2.32. The average molecular weight is 475 g/mol. The minimum absolute atomic E-state index is 0.0562. The molecule has 0 amide bonds. The summed E-state index contributed by atoms with van der Waals surface area (Å²) in [6.45, 7) is 4.69. The molecular formula is C29H34N2O4. The van der Waals surface area contributed by atoms with E-state index in [1.54, 1.807) is 12.1 Å². The van der Waals surface area contributed by atoms with E-state index in [9.17, 15) is 10.1 Å².